The predicted octanol–water partition coefficient (Wildman–Crippen LogP) is 4.69. The average Bonchev–Trinajstić information content (AvgIpc) is 3.15. The molecule has 0 aliphatic heterocycles. The number of thioether (sulfide) groups is 1. The fourth-order valence-corrected chi connectivity index (χ4v) is 4.15. The normalized spacial score (nSPS) is 11.9. The third-order valence-electron chi connectivity index (χ3n) is 4.95. The SMILES string of the molecule is COc1ccc(C(=O)N[C@H](c2nnc(SCC(=O)c3ccc(Br)cc3)n2C)C(C)C)cc1. The van der Waals surface area contributed by atoms with Gasteiger partial charge < -0.3 is 14.6 Å². The molecule has 0 bridgehead atoms. The fourth-order valence-electron chi connectivity index (χ4n) is 3.07. The molecular formula is C23H25BrN4O3S. The van der Waals surface area contributed by atoms with Gasteiger partial charge in [0.05, 0.1) is 18.9 Å². The molecule has 168 valence electrons. The highest BCUT2D eigenvalue weighted by molar-refractivity contribution is 9.10. The number of rotatable bonds is 9. The second kappa shape index (κ2) is 10.8. The molecule has 1 atom stereocenters. The molecule has 0 fully saturated rings. The summed E-state index contributed by atoms with van der Waals surface area (Å²) < 4.78 is 7.91. The Hall–Kier alpha value is -2.65. The zero-order valence-corrected chi connectivity index (χ0v) is 20.7. The number of methoxy groups -OCH3 is 1. The maximum atomic E-state index is 12.8. The van der Waals surface area contributed by atoms with Gasteiger partial charge in [-0.1, -0.05) is 53.7 Å². The van der Waals surface area contributed by atoms with E-state index in [1.807, 2.05) is 37.6 Å². The average molecular weight is 517 g/mol. The van der Waals surface area contributed by atoms with E-state index in [0.29, 0.717) is 27.9 Å². The molecular weight excluding hydrogens is 492 g/mol. The van der Waals surface area contributed by atoms with Crippen LogP contribution in [0.15, 0.2) is 58.2 Å². The number of hydrogen-bond acceptors (Lipinski definition) is 6. The summed E-state index contributed by atoms with van der Waals surface area (Å²) in [4.78, 5) is 25.3. The Balaban J connectivity index is 1.70. The van der Waals surface area contributed by atoms with Crippen LogP contribution in [0.25, 0.3) is 0 Å². The number of amides is 1. The molecule has 0 saturated carbocycles. The van der Waals surface area contributed by atoms with Gasteiger partial charge in [-0.15, -0.1) is 10.2 Å². The van der Waals surface area contributed by atoms with Crippen LogP contribution in [0.4, 0.5) is 0 Å². The molecule has 0 saturated heterocycles. The van der Waals surface area contributed by atoms with Gasteiger partial charge >= 0.3 is 0 Å². The monoisotopic (exact) mass is 516 g/mol. The molecule has 9 heteroatoms. The Labute approximate surface area is 200 Å². The van der Waals surface area contributed by atoms with Crippen LogP contribution in [0.2, 0.25) is 0 Å². The molecule has 0 unspecified atom stereocenters. The Morgan fingerprint density at radius 1 is 1.06 bits per heavy atom. The van der Waals surface area contributed by atoms with E-state index in [0.717, 1.165) is 4.47 Å². The third kappa shape index (κ3) is 5.77. The van der Waals surface area contributed by atoms with Crippen molar-refractivity contribution in [2.75, 3.05) is 12.9 Å². The molecule has 1 N–H and O–H groups in total. The largest absolute Gasteiger partial charge is 0.497 e. The summed E-state index contributed by atoms with van der Waals surface area (Å²) in [7, 11) is 3.43. The summed E-state index contributed by atoms with van der Waals surface area (Å²) in [6, 6.07) is 13.9. The number of aromatic nitrogens is 3. The van der Waals surface area contributed by atoms with Gasteiger partial charge in [0.25, 0.3) is 5.91 Å². The molecule has 2 aromatic carbocycles. The zero-order chi connectivity index (χ0) is 23.3. The molecule has 0 aliphatic rings. The Kier molecular flexibility index (Phi) is 8.09. The van der Waals surface area contributed by atoms with Gasteiger partial charge in [-0.05, 0) is 42.3 Å². The summed E-state index contributed by atoms with van der Waals surface area (Å²) in [5.41, 5.74) is 1.18. The molecule has 0 spiro atoms. The van der Waals surface area contributed by atoms with Crippen molar-refractivity contribution in [3.63, 3.8) is 0 Å². The molecule has 0 aliphatic carbocycles. The van der Waals surface area contributed by atoms with Crippen LogP contribution in [0.1, 0.15) is 46.4 Å². The van der Waals surface area contributed by atoms with Crippen molar-refractivity contribution in [1.29, 1.82) is 0 Å². The minimum Gasteiger partial charge on any atom is -0.497 e. The summed E-state index contributed by atoms with van der Waals surface area (Å²) in [6.45, 7) is 4.02. The second-order valence-electron chi connectivity index (χ2n) is 7.54. The fraction of sp³-hybridized carbons (Fsp3) is 0.304. The number of carbonyl (C=O) groups is 2. The Morgan fingerprint density at radius 3 is 2.28 bits per heavy atom. The first-order valence-corrected chi connectivity index (χ1v) is 11.8. The van der Waals surface area contributed by atoms with Crippen LogP contribution in [0.3, 0.4) is 0 Å². The molecule has 7 nitrogen and oxygen atoms in total. The van der Waals surface area contributed by atoms with Crippen molar-refractivity contribution in [1.82, 2.24) is 20.1 Å². The van der Waals surface area contributed by atoms with Crippen molar-refractivity contribution in [2.24, 2.45) is 13.0 Å². The maximum absolute atomic E-state index is 12.8. The van der Waals surface area contributed by atoms with Gasteiger partial charge in [0.2, 0.25) is 0 Å². The molecule has 1 aromatic heterocycles. The minimum absolute atomic E-state index is 0.0141. The Morgan fingerprint density at radius 2 is 1.69 bits per heavy atom. The molecule has 3 rings (SSSR count). The Bertz CT molecular complexity index is 1080. The summed E-state index contributed by atoms with van der Waals surface area (Å²) in [6.07, 6.45) is 0. The number of hydrogen-bond donors (Lipinski definition) is 1. The predicted molar refractivity (Wildman–Crippen MR) is 128 cm³/mol. The van der Waals surface area contributed by atoms with Crippen molar-refractivity contribution in [3.05, 3.63) is 70.0 Å². The molecule has 3 aromatic rings. The lowest BCUT2D eigenvalue weighted by Gasteiger charge is -2.21. The van der Waals surface area contributed by atoms with Gasteiger partial charge in [0.1, 0.15) is 5.75 Å². The smallest absolute Gasteiger partial charge is 0.251 e. The van der Waals surface area contributed by atoms with E-state index in [1.165, 1.54) is 11.8 Å². The van der Waals surface area contributed by atoms with Crippen LogP contribution in [-0.2, 0) is 7.05 Å². The number of carbonyl (C=O) groups excluding carboxylic acids is 2. The zero-order valence-electron chi connectivity index (χ0n) is 18.3. The van der Waals surface area contributed by atoms with E-state index in [1.54, 1.807) is 43.5 Å². The van der Waals surface area contributed by atoms with Crippen LogP contribution in [-0.4, -0.2) is 39.3 Å². The first kappa shape index (κ1) is 24.0. The van der Waals surface area contributed by atoms with Crippen molar-refractivity contribution < 1.29 is 14.3 Å². The highest BCUT2D eigenvalue weighted by Gasteiger charge is 2.25. The number of halogens is 1. The standard InChI is InChI=1S/C23H25BrN4O3S/c1-14(2)20(25-22(30)16-7-11-18(31-4)12-8-16)21-26-27-23(28(21)3)32-13-19(29)15-5-9-17(24)10-6-15/h5-12,14,20H,13H2,1-4H3,(H,25,30)/t20-/m0/s1. The minimum atomic E-state index is -0.335. The molecule has 1 heterocycles. The second-order valence-corrected chi connectivity index (χ2v) is 9.40. The van der Waals surface area contributed by atoms with Gasteiger partial charge in [-0.25, -0.2) is 0 Å². The molecule has 1 amide bonds. The lowest BCUT2D eigenvalue weighted by molar-refractivity contribution is 0.0921. The van der Waals surface area contributed by atoms with Gasteiger partial charge in [0, 0.05) is 22.6 Å². The summed E-state index contributed by atoms with van der Waals surface area (Å²) >= 11 is 4.70. The molecule has 0 radical (unpaired) electrons. The highest BCUT2D eigenvalue weighted by atomic mass is 79.9. The summed E-state index contributed by atoms with van der Waals surface area (Å²) in [5.74, 6) is 1.48. The van der Waals surface area contributed by atoms with E-state index in [2.05, 4.69) is 31.4 Å². The van der Waals surface area contributed by atoms with E-state index >= 15 is 0 Å². The van der Waals surface area contributed by atoms with Gasteiger partial charge in [0.15, 0.2) is 16.8 Å². The van der Waals surface area contributed by atoms with Crippen LogP contribution in [0, 0.1) is 5.92 Å². The first-order valence-electron chi connectivity index (χ1n) is 10.1. The number of nitrogens with one attached hydrogen (secondary N) is 1. The van der Waals surface area contributed by atoms with Crippen LogP contribution in [0.5, 0.6) is 5.75 Å². The maximum Gasteiger partial charge on any atom is 0.251 e. The topological polar surface area (TPSA) is 86.1 Å². The van der Waals surface area contributed by atoms with Crippen LogP contribution < -0.4 is 10.1 Å². The van der Waals surface area contributed by atoms with Gasteiger partial charge in [-0.2, -0.15) is 0 Å². The summed E-state index contributed by atoms with van der Waals surface area (Å²) in [5, 5.41) is 12.2. The van der Waals surface area contributed by atoms with Crippen molar-refractivity contribution in [3.8, 4) is 5.75 Å². The number of benzene rings is 2. The number of ketones is 1. The van der Waals surface area contributed by atoms with Crippen LogP contribution >= 0.6 is 27.7 Å². The number of nitrogens with zero attached hydrogens (tertiary/aromatic N) is 3. The lowest BCUT2D eigenvalue weighted by atomic mass is 10.0. The first-order chi connectivity index (χ1) is 15.3. The van der Waals surface area contributed by atoms with E-state index in [-0.39, 0.29) is 29.4 Å². The number of ether oxygens (including phenoxy) is 1. The van der Waals surface area contributed by atoms with Crippen molar-refractivity contribution in [2.45, 2.75) is 25.0 Å². The lowest BCUT2D eigenvalue weighted by Crippen LogP contribution is -2.33. The number of Topliss-reactive ketones (excluding diaryl/α,β-unsaturated/α-hetero) is 1. The molecule has 32 heavy (non-hydrogen) atoms. The van der Waals surface area contributed by atoms with Gasteiger partial charge in [-0.3, -0.25) is 9.59 Å². The highest BCUT2D eigenvalue weighted by Crippen LogP contribution is 2.25. The quantitative estimate of drug-likeness (QED) is 0.328. The van der Waals surface area contributed by atoms with Crippen molar-refractivity contribution >= 4 is 39.4 Å². The van der Waals surface area contributed by atoms with E-state index in [9.17, 15) is 9.59 Å². The van der Waals surface area contributed by atoms with E-state index in [4.69, 9.17) is 4.74 Å². The van der Waals surface area contributed by atoms with E-state index < -0.39 is 0 Å². The third-order valence-corrected chi connectivity index (χ3v) is 6.50.